The normalized spacial score (nSPS) is 10.3. The summed E-state index contributed by atoms with van der Waals surface area (Å²) in [6.07, 6.45) is 0. The van der Waals surface area contributed by atoms with E-state index in [-0.39, 0.29) is 5.89 Å². The molecule has 0 fully saturated rings. The van der Waals surface area contributed by atoms with Crippen LogP contribution in [0.3, 0.4) is 0 Å². The van der Waals surface area contributed by atoms with Gasteiger partial charge in [0.1, 0.15) is 5.82 Å². The molecule has 2 rings (SSSR count). The van der Waals surface area contributed by atoms with Gasteiger partial charge in [-0.15, -0.1) is 0 Å². The first-order valence-electron chi connectivity index (χ1n) is 3.74. The average Bonchev–Trinajstić information content (AvgIpc) is 2.52. The summed E-state index contributed by atoms with van der Waals surface area (Å²) >= 11 is 0. The van der Waals surface area contributed by atoms with Crippen molar-refractivity contribution in [2.45, 2.75) is 6.92 Å². The van der Waals surface area contributed by atoms with Crippen LogP contribution in [-0.2, 0) is 0 Å². The number of hydrogen-bond donors (Lipinski definition) is 0. The first-order valence-corrected chi connectivity index (χ1v) is 3.74. The fourth-order valence-corrected chi connectivity index (χ4v) is 0.972. The van der Waals surface area contributed by atoms with Crippen LogP contribution < -0.4 is 0 Å². The van der Waals surface area contributed by atoms with Gasteiger partial charge in [0, 0.05) is 6.07 Å². The van der Waals surface area contributed by atoms with Gasteiger partial charge < -0.3 is 4.52 Å². The highest BCUT2D eigenvalue weighted by Crippen LogP contribution is 2.16. The molecule has 0 N–H and O–H groups in total. The zero-order chi connectivity index (χ0) is 9.26. The van der Waals surface area contributed by atoms with Gasteiger partial charge in [0.2, 0.25) is 0 Å². The van der Waals surface area contributed by atoms with Crippen LogP contribution in [-0.4, -0.2) is 10.1 Å². The molecule has 0 bridgehead atoms. The molecule has 0 saturated heterocycles. The number of nitrogens with zero attached hydrogens (tertiary/aromatic N) is 2. The molecule has 1 aromatic heterocycles. The van der Waals surface area contributed by atoms with Crippen LogP contribution >= 0.6 is 0 Å². The van der Waals surface area contributed by atoms with E-state index in [0.717, 1.165) is 0 Å². The molecule has 0 amide bonds. The molecule has 0 unspecified atom stereocenters. The first kappa shape index (κ1) is 7.91. The predicted molar refractivity (Wildman–Crippen MR) is 43.3 cm³/mol. The lowest BCUT2D eigenvalue weighted by molar-refractivity contribution is 0.425. The number of rotatable bonds is 1. The highest BCUT2D eigenvalue weighted by molar-refractivity contribution is 5.51. The van der Waals surface area contributed by atoms with Gasteiger partial charge in [-0.3, -0.25) is 0 Å². The Labute approximate surface area is 74.2 Å². The van der Waals surface area contributed by atoms with Gasteiger partial charge in [0.05, 0.1) is 5.56 Å². The van der Waals surface area contributed by atoms with E-state index in [4.69, 9.17) is 4.52 Å². The highest BCUT2D eigenvalue weighted by atomic mass is 19.1. The number of aryl methyl sites for hydroxylation is 1. The molecule has 1 heterocycles. The topological polar surface area (TPSA) is 38.9 Å². The SMILES string of the molecule is Cc1noc(-c2[c]c(F)ccc2)n1. The largest absolute Gasteiger partial charge is 0.334 e. The Morgan fingerprint density at radius 3 is 2.92 bits per heavy atom. The molecule has 0 aliphatic rings. The Bertz CT molecular complexity index is 425. The third-order valence-corrected chi connectivity index (χ3v) is 1.52. The average molecular weight is 177 g/mol. The van der Waals surface area contributed by atoms with E-state index in [1.165, 1.54) is 6.07 Å². The molecule has 13 heavy (non-hydrogen) atoms. The van der Waals surface area contributed by atoms with E-state index in [1.807, 2.05) is 0 Å². The molecule has 65 valence electrons. The summed E-state index contributed by atoms with van der Waals surface area (Å²) in [5.74, 6) is 0.373. The number of halogens is 1. The Balaban J connectivity index is 2.46. The smallest absolute Gasteiger partial charge is 0.258 e. The quantitative estimate of drug-likeness (QED) is 0.668. The molecule has 0 spiro atoms. The lowest BCUT2D eigenvalue weighted by Crippen LogP contribution is -1.80. The van der Waals surface area contributed by atoms with Crippen LogP contribution in [0.1, 0.15) is 5.82 Å². The Hall–Kier alpha value is -1.71. The summed E-state index contributed by atoms with van der Waals surface area (Å²) in [7, 11) is 0. The minimum Gasteiger partial charge on any atom is -0.334 e. The fraction of sp³-hybridized carbons (Fsp3) is 0.111. The second-order valence-corrected chi connectivity index (χ2v) is 2.56. The van der Waals surface area contributed by atoms with E-state index in [1.54, 1.807) is 19.1 Å². The second kappa shape index (κ2) is 2.97. The summed E-state index contributed by atoms with van der Waals surface area (Å²) < 4.78 is 17.6. The van der Waals surface area contributed by atoms with E-state index >= 15 is 0 Å². The maximum Gasteiger partial charge on any atom is 0.258 e. The third-order valence-electron chi connectivity index (χ3n) is 1.52. The zero-order valence-electron chi connectivity index (χ0n) is 6.91. The lowest BCUT2D eigenvalue weighted by atomic mass is 10.2. The molecule has 2 aromatic rings. The van der Waals surface area contributed by atoms with Gasteiger partial charge in [-0.05, 0) is 19.1 Å². The van der Waals surface area contributed by atoms with Crippen molar-refractivity contribution in [3.63, 3.8) is 0 Å². The van der Waals surface area contributed by atoms with Gasteiger partial charge in [0.25, 0.3) is 5.89 Å². The van der Waals surface area contributed by atoms with Gasteiger partial charge in [0.15, 0.2) is 5.82 Å². The van der Waals surface area contributed by atoms with E-state index in [0.29, 0.717) is 11.4 Å². The van der Waals surface area contributed by atoms with E-state index in [2.05, 4.69) is 16.2 Å². The number of aromatic nitrogens is 2. The molecule has 4 heteroatoms. The van der Waals surface area contributed by atoms with E-state index in [9.17, 15) is 4.39 Å². The molecule has 1 aromatic carbocycles. The molecule has 0 saturated carbocycles. The van der Waals surface area contributed by atoms with Crippen molar-refractivity contribution in [1.29, 1.82) is 0 Å². The minimum atomic E-state index is -0.437. The fourth-order valence-electron chi connectivity index (χ4n) is 0.972. The molecule has 0 aliphatic carbocycles. The number of benzene rings is 1. The standard InChI is InChI=1S/C9H6FN2O/c1-6-11-9(13-12-6)7-3-2-4-8(10)5-7/h2-4H,1H3. The van der Waals surface area contributed by atoms with Gasteiger partial charge in [-0.25, -0.2) is 4.39 Å². The van der Waals surface area contributed by atoms with E-state index < -0.39 is 5.82 Å². The van der Waals surface area contributed by atoms with Crippen LogP contribution in [0.25, 0.3) is 11.5 Å². The van der Waals surface area contributed by atoms with Crippen LogP contribution in [0.2, 0.25) is 0 Å². The summed E-state index contributed by atoms with van der Waals surface area (Å²) in [5, 5.41) is 3.59. The summed E-state index contributed by atoms with van der Waals surface area (Å²) in [4.78, 5) is 3.95. The zero-order valence-corrected chi connectivity index (χ0v) is 6.91. The molecular formula is C9H6FN2O. The van der Waals surface area contributed by atoms with Crippen molar-refractivity contribution in [2.24, 2.45) is 0 Å². The van der Waals surface area contributed by atoms with Gasteiger partial charge in [-0.2, -0.15) is 4.98 Å². The maximum atomic E-state index is 12.7. The van der Waals surface area contributed by atoms with Crippen LogP contribution in [0.5, 0.6) is 0 Å². The summed E-state index contributed by atoms with van der Waals surface area (Å²) in [6.45, 7) is 1.70. The third kappa shape index (κ3) is 1.56. The predicted octanol–water partition coefficient (Wildman–Crippen LogP) is 1.98. The van der Waals surface area contributed by atoms with Crippen molar-refractivity contribution in [3.8, 4) is 11.5 Å². The Morgan fingerprint density at radius 2 is 2.31 bits per heavy atom. The summed E-state index contributed by atoms with van der Waals surface area (Å²) in [5.41, 5.74) is 0.473. The van der Waals surface area contributed by atoms with Crippen LogP contribution in [0.4, 0.5) is 4.39 Å². The maximum absolute atomic E-state index is 12.7. The van der Waals surface area contributed by atoms with Crippen molar-refractivity contribution in [2.75, 3.05) is 0 Å². The molecular weight excluding hydrogens is 171 g/mol. The molecule has 1 radical (unpaired) electrons. The number of hydrogen-bond acceptors (Lipinski definition) is 3. The Morgan fingerprint density at radius 1 is 1.46 bits per heavy atom. The van der Waals surface area contributed by atoms with Crippen LogP contribution in [0.15, 0.2) is 22.7 Å². The molecule has 3 nitrogen and oxygen atoms in total. The molecule has 0 atom stereocenters. The van der Waals surface area contributed by atoms with Gasteiger partial charge >= 0.3 is 0 Å². The Kier molecular flexibility index (Phi) is 1.81. The lowest BCUT2D eigenvalue weighted by Gasteiger charge is -1.91. The van der Waals surface area contributed by atoms with Crippen molar-refractivity contribution >= 4 is 0 Å². The second-order valence-electron chi connectivity index (χ2n) is 2.56. The van der Waals surface area contributed by atoms with Crippen LogP contribution in [0, 0.1) is 18.8 Å². The first-order chi connectivity index (χ1) is 6.25. The molecule has 0 aliphatic heterocycles. The van der Waals surface area contributed by atoms with Crippen molar-refractivity contribution < 1.29 is 8.91 Å². The van der Waals surface area contributed by atoms with Gasteiger partial charge in [-0.1, -0.05) is 11.2 Å². The highest BCUT2D eigenvalue weighted by Gasteiger charge is 2.06. The minimum absolute atomic E-state index is 0.289. The summed E-state index contributed by atoms with van der Waals surface area (Å²) in [6, 6.07) is 7.02. The monoisotopic (exact) mass is 177 g/mol. The van der Waals surface area contributed by atoms with Crippen molar-refractivity contribution in [1.82, 2.24) is 10.1 Å². The van der Waals surface area contributed by atoms with Crippen molar-refractivity contribution in [3.05, 3.63) is 35.9 Å².